The zero-order valence-corrected chi connectivity index (χ0v) is 10.9. The summed E-state index contributed by atoms with van der Waals surface area (Å²) in [6.45, 7) is 0.181. The molecule has 0 spiro atoms. The van der Waals surface area contributed by atoms with Crippen molar-refractivity contribution in [1.82, 2.24) is 35.7 Å². The predicted octanol–water partition coefficient (Wildman–Crippen LogP) is -0.102. The van der Waals surface area contributed by atoms with Crippen molar-refractivity contribution in [3.05, 3.63) is 48.0 Å². The van der Waals surface area contributed by atoms with Crippen LogP contribution in [0, 0.1) is 0 Å². The average Bonchev–Trinajstić information content (AvgIpc) is 3.16. The Bertz CT molecular complexity index is 748. The van der Waals surface area contributed by atoms with Crippen molar-refractivity contribution in [3.8, 4) is 5.69 Å². The van der Waals surface area contributed by atoms with Crippen LogP contribution in [0.5, 0.6) is 0 Å². The molecule has 0 unspecified atom stereocenters. The van der Waals surface area contributed by atoms with Crippen molar-refractivity contribution in [1.29, 1.82) is 0 Å². The summed E-state index contributed by atoms with van der Waals surface area (Å²) >= 11 is 0. The van der Waals surface area contributed by atoms with E-state index in [1.807, 2.05) is 12.1 Å². The Balaban J connectivity index is 1.71. The van der Waals surface area contributed by atoms with Gasteiger partial charge in [0.15, 0.2) is 11.5 Å². The van der Waals surface area contributed by atoms with Crippen LogP contribution < -0.4 is 11.1 Å². The highest BCUT2D eigenvalue weighted by Crippen LogP contribution is 2.11. The Morgan fingerprint density at radius 1 is 1.38 bits per heavy atom. The van der Waals surface area contributed by atoms with Gasteiger partial charge in [0.1, 0.15) is 0 Å². The third-order valence-corrected chi connectivity index (χ3v) is 2.75. The van der Waals surface area contributed by atoms with Crippen molar-refractivity contribution in [2.45, 2.75) is 6.54 Å². The molecule has 4 N–H and O–H groups in total. The molecule has 0 aliphatic heterocycles. The minimum absolute atomic E-state index is 0.181. The Labute approximate surface area is 119 Å². The number of nitrogens with zero attached hydrogens (tertiary/aromatic N) is 5. The number of nitrogens with two attached hydrogens (primary N) is 1. The number of nitrogens with one attached hydrogen (secondary N) is 2. The number of carbonyl (C=O) groups excluding carboxylic acids is 1. The molecule has 1 amide bonds. The quantitative estimate of drug-likeness (QED) is 0.574. The summed E-state index contributed by atoms with van der Waals surface area (Å²) in [6.07, 6.45) is 1.69. The SMILES string of the molecule is Nc1cccc(-n2ccc(C(=O)NCc3nn[nH]n3)n2)c1. The maximum absolute atomic E-state index is 12.0. The van der Waals surface area contributed by atoms with Gasteiger partial charge in [0.05, 0.1) is 12.2 Å². The number of amides is 1. The number of hydrogen-bond acceptors (Lipinski definition) is 6. The zero-order valence-electron chi connectivity index (χ0n) is 10.9. The van der Waals surface area contributed by atoms with Gasteiger partial charge in [-0.25, -0.2) is 4.68 Å². The highest BCUT2D eigenvalue weighted by Gasteiger charge is 2.11. The molecule has 0 fully saturated rings. The van der Waals surface area contributed by atoms with Crippen LogP contribution in [0.4, 0.5) is 5.69 Å². The Kier molecular flexibility index (Phi) is 3.29. The molecule has 0 saturated heterocycles. The van der Waals surface area contributed by atoms with Gasteiger partial charge in [0.2, 0.25) is 0 Å². The summed E-state index contributed by atoms with van der Waals surface area (Å²) in [6, 6.07) is 8.85. The van der Waals surface area contributed by atoms with Crippen LogP contribution in [0.2, 0.25) is 0 Å². The fourth-order valence-electron chi connectivity index (χ4n) is 1.76. The Hall–Kier alpha value is -3.23. The number of carbonyl (C=O) groups is 1. The van der Waals surface area contributed by atoms with Crippen LogP contribution in [-0.2, 0) is 6.54 Å². The third kappa shape index (κ3) is 2.86. The van der Waals surface area contributed by atoms with Gasteiger partial charge in [-0.05, 0) is 24.3 Å². The van der Waals surface area contributed by atoms with Crippen LogP contribution >= 0.6 is 0 Å². The summed E-state index contributed by atoms with van der Waals surface area (Å²) < 4.78 is 1.58. The van der Waals surface area contributed by atoms with E-state index >= 15 is 0 Å². The third-order valence-electron chi connectivity index (χ3n) is 2.75. The second kappa shape index (κ2) is 5.41. The number of tetrazole rings is 1. The number of hydrogen-bond donors (Lipinski definition) is 3. The minimum atomic E-state index is -0.317. The molecule has 0 aliphatic rings. The van der Waals surface area contributed by atoms with Gasteiger partial charge in [0.25, 0.3) is 5.91 Å². The number of benzene rings is 1. The summed E-state index contributed by atoms with van der Waals surface area (Å²) in [7, 11) is 0. The molecular formula is C12H12N8O. The summed E-state index contributed by atoms with van der Waals surface area (Å²) in [4.78, 5) is 12.0. The Morgan fingerprint density at radius 3 is 3.05 bits per heavy atom. The van der Waals surface area contributed by atoms with Crippen molar-refractivity contribution in [3.63, 3.8) is 0 Å². The van der Waals surface area contributed by atoms with Gasteiger partial charge in [-0.15, -0.1) is 10.2 Å². The fraction of sp³-hybridized carbons (Fsp3) is 0.0833. The van der Waals surface area contributed by atoms with E-state index in [4.69, 9.17) is 5.73 Å². The van der Waals surface area contributed by atoms with Gasteiger partial charge >= 0.3 is 0 Å². The topological polar surface area (TPSA) is 127 Å². The lowest BCUT2D eigenvalue weighted by Crippen LogP contribution is -2.24. The second-order valence-corrected chi connectivity index (χ2v) is 4.25. The molecule has 3 aromatic rings. The number of rotatable bonds is 4. The van der Waals surface area contributed by atoms with E-state index in [0.717, 1.165) is 5.69 Å². The summed E-state index contributed by atoms with van der Waals surface area (Å²) in [5, 5.41) is 20.1. The van der Waals surface area contributed by atoms with Gasteiger partial charge in [0, 0.05) is 11.9 Å². The van der Waals surface area contributed by atoms with E-state index in [-0.39, 0.29) is 12.5 Å². The number of aromatic nitrogens is 6. The number of nitrogen functional groups attached to an aromatic ring is 1. The molecule has 0 bridgehead atoms. The largest absolute Gasteiger partial charge is 0.399 e. The fourth-order valence-corrected chi connectivity index (χ4v) is 1.76. The molecule has 9 heteroatoms. The van der Waals surface area contributed by atoms with Gasteiger partial charge < -0.3 is 11.1 Å². The standard InChI is InChI=1S/C12H12N8O/c13-8-2-1-3-9(6-8)20-5-4-10(17-20)12(21)14-7-11-15-18-19-16-11/h1-6H,7,13H2,(H,14,21)(H,15,16,18,19). The first kappa shape index (κ1) is 12.8. The molecule has 106 valence electrons. The normalized spacial score (nSPS) is 10.5. The van der Waals surface area contributed by atoms with E-state index in [9.17, 15) is 4.79 Å². The van der Waals surface area contributed by atoms with E-state index in [1.165, 1.54) is 0 Å². The Morgan fingerprint density at radius 2 is 2.29 bits per heavy atom. The lowest BCUT2D eigenvalue weighted by molar-refractivity contribution is 0.0944. The summed E-state index contributed by atoms with van der Waals surface area (Å²) in [5.41, 5.74) is 7.43. The maximum atomic E-state index is 12.0. The smallest absolute Gasteiger partial charge is 0.272 e. The highest BCUT2D eigenvalue weighted by molar-refractivity contribution is 5.92. The molecule has 3 rings (SSSR count). The van der Waals surface area contributed by atoms with E-state index in [1.54, 1.807) is 29.1 Å². The van der Waals surface area contributed by atoms with E-state index in [0.29, 0.717) is 17.2 Å². The maximum Gasteiger partial charge on any atom is 0.272 e. The van der Waals surface area contributed by atoms with Crippen LogP contribution in [0.15, 0.2) is 36.5 Å². The van der Waals surface area contributed by atoms with Crippen molar-refractivity contribution < 1.29 is 4.79 Å². The molecule has 1 aromatic carbocycles. The first-order chi connectivity index (χ1) is 10.2. The van der Waals surface area contributed by atoms with Gasteiger partial charge in [-0.1, -0.05) is 11.3 Å². The molecule has 21 heavy (non-hydrogen) atoms. The van der Waals surface area contributed by atoms with Crippen LogP contribution in [0.1, 0.15) is 16.3 Å². The lowest BCUT2D eigenvalue weighted by atomic mass is 10.3. The first-order valence-corrected chi connectivity index (χ1v) is 6.14. The molecule has 9 nitrogen and oxygen atoms in total. The van der Waals surface area contributed by atoms with E-state index in [2.05, 4.69) is 31.0 Å². The monoisotopic (exact) mass is 284 g/mol. The highest BCUT2D eigenvalue weighted by atomic mass is 16.1. The molecule has 0 aliphatic carbocycles. The van der Waals surface area contributed by atoms with Crippen LogP contribution in [-0.4, -0.2) is 36.3 Å². The minimum Gasteiger partial charge on any atom is -0.399 e. The molecule has 0 atom stereocenters. The number of aromatic amines is 1. The molecular weight excluding hydrogens is 272 g/mol. The molecule has 0 saturated carbocycles. The number of H-pyrrole nitrogens is 1. The van der Waals surface area contributed by atoms with Crippen LogP contribution in [0.3, 0.4) is 0 Å². The lowest BCUT2D eigenvalue weighted by Gasteiger charge is -2.02. The second-order valence-electron chi connectivity index (χ2n) is 4.25. The van der Waals surface area contributed by atoms with Crippen LogP contribution in [0.25, 0.3) is 5.69 Å². The zero-order chi connectivity index (χ0) is 14.7. The number of anilines is 1. The van der Waals surface area contributed by atoms with Gasteiger partial charge in [-0.3, -0.25) is 4.79 Å². The predicted molar refractivity (Wildman–Crippen MR) is 73.3 cm³/mol. The molecule has 2 heterocycles. The van der Waals surface area contributed by atoms with Crippen molar-refractivity contribution in [2.24, 2.45) is 0 Å². The summed E-state index contributed by atoms with van der Waals surface area (Å²) in [5.74, 6) is 0.0843. The van der Waals surface area contributed by atoms with Crippen molar-refractivity contribution in [2.75, 3.05) is 5.73 Å². The van der Waals surface area contributed by atoms with E-state index < -0.39 is 0 Å². The molecule has 2 aromatic heterocycles. The average molecular weight is 284 g/mol. The van der Waals surface area contributed by atoms with Crippen molar-refractivity contribution >= 4 is 11.6 Å². The van der Waals surface area contributed by atoms with Gasteiger partial charge in [-0.2, -0.15) is 10.3 Å². The first-order valence-electron chi connectivity index (χ1n) is 6.14. The molecule has 0 radical (unpaired) electrons.